The second kappa shape index (κ2) is 7.40. The van der Waals surface area contributed by atoms with Gasteiger partial charge in [-0.3, -0.25) is 0 Å². The fraction of sp³-hybridized carbons (Fsp3) is 0.167. The van der Waals surface area contributed by atoms with E-state index in [0.717, 1.165) is 16.9 Å². The molecule has 2 rings (SSSR count). The van der Waals surface area contributed by atoms with Gasteiger partial charge in [0.25, 0.3) is 0 Å². The van der Waals surface area contributed by atoms with Crippen LogP contribution in [-0.4, -0.2) is 13.2 Å². The Morgan fingerprint density at radius 2 is 1.65 bits per heavy atom. The van der Waals surface area contributed by atoms with Gasteiger partial charge in [0, 0.05) is 11.3 Å². The van der Waals surface area contributed by atoms with Gasteiger partial charge >= 0.3 is 0 Å². The van der Waals surface area contributed by atoms with Gasteiger partial charge in [0.2, 0.25) is 0 Å². The van der Waals surface area contributed by atoms with Crippen molar-refractivity contribution in [1.82, 2.24) is 0 Å². The lowest BCUT2D eigenvalue weighted by atomic mass is 10.2. The Kier molecular flexibility index (Phi) is 5.53. The predicted octanol–water partition coefficient (Wildman–Crippen LogP) is 4.86. The second-order valence-corrected chi connectivity index (χ2v) is 11.3. The van der Waals surface area contributed by atoms with Crippen molar-refractivity contribution < 1.29 is 4.39 Å². The van der Waals surface area contributed by atoms with Crippen LogP contribution in [0, 0.1) is 17.3 Å². The fourth-order valence-corrected chi connectivity index (χ4v) is 2.51. The quantitative estimate of drug-likeness (QED) is 0.463. The maximum Gasteiger partial charge on any atom is 0.175 e. The normalized spacial score (nSPS) is 10.4. The fourth-order valence-electron chi connectivity index (χ4n) is 1.77. The summed E-state index contributed by atoms with van der Waals surface area (Å²) in [6.07, 6.45) is 0. The summed E-state index contributed by atoms with van der Waals surface area (Å²) in [5.74, 6) is 2.97. The Hall–Kier alpha value is -2.16. The van der Waals surface area contributed by atoms with Crippen molar-refractivity contribution in [3.05, 3.63) is 59.9 Å². The molecule has 2 N–H and O–H groups in total. The topological polar surface area (TPSA) is 24.1 Å². The first-order chi connectivity index (χ1) is 10.8. The van der Waals surface area contributed by atoms with Crippen molar-refractivity contribution >= 4 is 36.8 Å². The van der Waals surface area contributed by atoms with Crippen molar-refractivity contribution in [3.8, 4) is 11.5 Å². The number of anilines is 2. The third-order valence-corrected chi connectivity index (χ3v) is 3.93. The van der Waals surface area contributed by atoms with Crippen LogP contribution >= 0.6 is 12.2 Å². The van der Waals surface area contributed by atoms with Gasteiger partial charge in [-0.2, -0.15) is 0 Å². The van der Waals surface area contributed by atoms with Crippen LogP contribution in [0.4, 0.5) is 15.8 Å². The highest BCUT2D eigenvalue weighted by atomic mass is 32.1. The highest BCUT2D eigenvalue weighted by Gasteiger charge is 2.08. The molecule has 0 atom stereocenters. The third kappa shape index (κ3) is 5.85. The van der Waals surface area contributed by atoms with E-state index in [1.807, 2.05) is 24.3 Å². The molecule has 2 aromatic rings. The van der Waals surface area contributed by atoms with Gasteiger partial charge in [0.1, 0.15) is 13.9 Å². The van der Waals surface area contributed by atoms with E-state index in [4.69, 9.17) is 12.2 Å². The van der Waals surface area contributed by atoms with E-state index in [2.05, 4.69) is 41.7 Å². The SMILES string of the molecule is C[Si](C)(C)C#Cc1ccccc1NC(=S)Nc1ccc(F)cc1. The van der Waals surface area contributed by atoms with E-state index >= 15 is 0 Å². The molecule has 0 bridgehead atoms. The van der Waals surface area contributed by atoms with Crippen molar-refractivity contribution in [3.63, 3.8) is 0 Å². The zero-order valence-corrected chi connectivity index (χ0v) is 15.2. The number of halogens is 1. The largest absolute Gasteiger partial charge is 0.332 e. The molecule has 118 valence electrons. The van der Waals surface area contributed by atoms with Crippen molar-refractivity contribution in [2.24, 2.45) is 0 Å². The van der Waals surface area contributed by atoms with Gasteiger partial charge in [-0.1, -0.05) is 37.7 Å². The number of hydrogen-bond donors (Lipinski definition) is 2. The lowest BCUT2D eigenvalue weighted by Gasteiger charge is -2.12. The highest BCUT2D eigenvalue weighted by Crippen LogP contribution is 2.15. The Bertz CT molecular complexity index is 755. The van der Waals surface area contributed by atoms with E-state index < -0.39 is 8.07 Å². The molecule has 2 nitrogen and oxygen atoms in total. The number of rotatable bonds is 2. The van der Waals surface area contributed by atoms with Crippen LogP contribution in [0.25, 0.3) is 0 Å². The van der Waals surface area contributed by atoms with Crippen LogP contribution in [0.5, 0.6) is 0 Å². The second-order valence-electron chi connectivity index (χ2n) is 6.13. The summed E-state index contributed by atoms with van der Waals surface area (Å²) in [4.78, 5) is 0. The molecule has 0 heterocycles. The van der Waals surface area contributed by atoms with Crippen LogP contribution in [0.3, 0.4) is 0 Å². The van der Waals surface area contributed by atoms with E-state index in [1.54, 1.807) is 12.1 Å². The first-order valence-electron chi connectivity index (χ1n) is 7.29. The van der Waals surface area contributed by atoms with Gasteiger partial charge in [-0.25, -0.2) is 4.39 Å². The number of nitrogens with one attached hydrogen (secondary N) is 2. The van der Waals surface area contributed by atoms with E-state index in [1.165, 1.54) is 12.1 Å². The summed E-state index contributed by atoms with van der Waals surface area (Å²) < 4.78 is 12.9. The molecule has 0 fully saturated rings. The van der Waals surface area contributed by atoms with Crippen molar-refractivity contribution in [2.45, 2.75) is 19.6 Å². The minimum Gasteiger partial charge on any atom is -0.332 e. The molecule has 0 aliphatic heterocycles. The Morgan fingerprint density at radius 1 is 1.00 bits per heavy atom. The average Bonchev–Trinajstić information content (AvgIpc) is 2.48. The summed E-state index contributed by atoms with van der Waals surface area (Å²) in [7, 11) is -1.44. The molecule has 0 unspecified atom stereocenters. The molecule has 0 aliphatic rings. The van der Waals surface area contributed by atoms with Gasteiger partial charge in [0.05, 0.1) is 5.69 Å². The number of para-hydroxylation sites is 1. The summed E-state index contributed by atoms with van der Waals surface area (Å²) >= 11 is 5.31. The Morgan fingerprint density at radius 3 is 2.30 bits per heavy atom. The standard InChI is InChI=1S/C18H19FN2SSi/c1-23(2,3)13-12-14-6-4-5-7-17(14)21-18(22)20-16-10-8-15(19)9-11-16/h4-11H,1-3H3,(H2,20,21,22). The van der Waals surface area contributed by atoms with Gasteiger partial charge in [-0.15, -0.1) is 5.54 Å². The Balaban J connectivity index is 2.11. The summed E-state index contributed by atoms with van der Waals surface area (Å²) in [6.45, 7) is 6.62. The molecule has 0 spiro atoms. The molecule has 0 amide bonds. The molecule has 0 saturated carbocycles. The lowest BCUT2D eigenvalue weighted by molar-refractivity contribution is 0.628. The number of benzene rings is 2. The van der Waals surface area contributed by atoms with Crippen LogP contribution in [0.1, 0.15) is 5.56 Å². The molecule has 0 aliphatic carbocycles. The molecular weight excluding hydrogens is 323 g/mol. The molecule has 0 radical (unpaired) electrons. The zero-order chi connectivity index (χ0) is 16.9. The minimum absolute atomic E-state index is 0.276. The van der Waals surface area contributed by atoms with E-state index in [0.29, 0.717) is 5.11 Å². The maximum atomic E-state index is 12.9. The minimum atomic E-state index is -1.44. The molecular formula is C18H19FN2SSi. The Labute approximate surface area is 143 Å². The third-order valence-electron chi connectivity index (χ3n) is 2.85. The van der Waals surface area contributed by atoms with Gasteiger partial charge in [0.15, 0.2) is 5.11 Å². The van der Waals surface area contributed by atoms with Crippen LogP contribution < -0.4 is 10.6 Å². The van der Waals surface area contributed by atoms with Crippen LogP contribution in [0.2, 0.25) is 19.6 Å². The molecule has 23 heavy (non-hydrogen) atoms. The molecule has 2 aromatic carbocycles. The predicted molar refractivity (Wildman–Crippen MR) is 103 cm³/mol. The van der Waals surface area contributed by atoms with E-state index in [-0.39, 0.29) is 5.82 Å². The van der Waals surface area contributed by atoms with Crippen LogP contribution in [-0.2, 0) is 0 Å². The summed E-state index contributed by atoms with van der Waals surface area (Å²) in [6, 6.07) is 13.8. The van der Waals surface area contributed by atoms with E-state index in [9.17, 15) is 4.39 Å². The average molecular weight is 343 g/mol. The first kappa shape index (κ1) is 17.2. The first-order valence-corrected chi connectivity index (χ1v) is 11.2. The number of hydrogen-bond acceptors (Lipinski definition) is 1. The van der Waals surface area contributed by atoms with Crippen molar-refractivity contribution in [1.29, 1.82) is 0 Å². The molecule has 0 aromatic heterocycles. The van der Waals surface area contributed by atoms with Crippen LogP contribution in [0.15, 0.2) is 48.5 Å². The van der Waals surface area contributed by atoms with Gasteiger partial charge in [-0.05, 0) is 48.6 Å². The highest BCUT2D eigenvalue weighted by molar-refractivity contribution is 7.80. The van der Waals surface area contributed by atoms with Gasteiger partial charge < -0.3 is 10.6 Å². The summed E-state index contributed by atoms with van der Waals surface area (Å²) in [5, 5.41) is 6.62. The van der Waals surface area contributed by atoms with Crippen molar-refractivity contribution in [2.75, 3.05) is 10.6 Å². The maximum absolute atomic E-state index is 12.9. The number of thiocarbonyl (C=S) groups is 1. The zero-order valence-electron chi connectivity index (χ0n) is 13.4. The smallest absolute Gasteiger partial charge is 0.175 e. The molecule has 0 saturated heterocycles. The lowest BCUT2D eigenvalue weighted by Crippen LogP contribution is -2.20. The monoisotopic (exact) mass is 342 g/mol. The molecule has 5 heteroatoms. The summed E-state index contributed by atoms with van der Waals surface area (Å²) in [5.41, 5.74) is 5.86.